The Morgan fingerprint density at radius 2 is 2.33 bits per heavy atom. The molecule has 116 valence electrons. The first-order valence-corrected chi connectivity index (χ1v) is 7.35. The van der Waals surface area contributed by atoms with Gasteiger partial charge in [-0.25, -0.2) is 0 Å². The lowest BCUT2D eigenvalue weighted by atomic mass is 10.0. The van der Waals surface area contributed by atoms with Crippen molar-refractivity contribution in [3.8, 4) is 5.75 Å². The van der Waals surface area contributed by atoms with Crippen LogP contribution in [0.5, 0.6) is 5.75 Å². The molecule has 2 N–H and O–H groups in total. The van der Waals surface area contributed by atoms with Gasteiger partial charge in [-0.3, -0.25) is 4.79 Å². The maximum absolute atomic E-state index is 12.0. The highest BCUT2D eigenvalue weighted by atomic mass is 35.5. The number of aliphatic hydroxyl groups is 1. The molecule has 2 unspecified atom stereocenters. The minimum Gasteiger partial charge on any atom is -0.479 e. The van der Waals surface area contributed by atoms with E-state index in [0.717, 1.165) is 0 Å². The van der Waals surface area contributed by atoms with Gasteiger partial charge in [0.25, 0.3) is 5.91 Å². The van der Waals surface area contributed by atoms with E-state index in [9.17, 15) is 9.90 Å². The van der Waals surface area contributed by atoms with E-state index in [1.54, 1.807) is 25.1 Å². The molecule has 5 nitrogen and oxygen atoms in total. The zero-order valence-corrected chi connectivity index (χ0v) is 13.1. The Balaban J connectivity index is 1.87. The van der Waals surface area contributed by atoms with Crippen LogP contribution in [0.2, 0.25) is 10.0 Å². The Hall–Kier alpha value is -1.01. The molecule has 1 heterocycles. The van der Waals surface area contributed by atoms with Crippen LogP contribution in [-0.4, -0.2) is 42.5 Å². The number of hydrogen-bond acceptors (Lipinski definition) is 4. The Bertz CT molecular complexity index is 518. The maximum atomic E-state index is 12.0. The molecular weight excluding hydrogens is 317 g/mol. The van der Waals surface area contributed by atoms with Crippen molar-refractivity contribution >= 4 is 29.1 Å². The van der Waals surface area contributed by atoms with E-state index in [4.69, 9.17) is 32.7 Å². The van der Waals surface area contributed by atoms with Crippen molar-refractivity contribution in [2.24, 2.45) is 0 Å². The molecule has 2 rings (SSSR count). The molecular formula is C14H17Cl2NO4. The predicted octanol–water partition coefficient (Wildman–Crippen LogP) is 2.03. The van der Waals surface area contributed by atoms with E-state index in [2.05, 4.69) is 5.32 Å². The van der Waals surface area contributed by atoms with Crippen molar-refractivity contribution in [1.82, 2.24) is 5.32 Å². The van der Waals surface area contributed by atoms with Crippen LogP contribution in [0.4, 0.5) is 0 Å². The molecule has 1 aromatic carbocycles. The van der Waals surface area contributed by atoms with Crippen LogP contribution in [0, 0.1) is 0 Å². The fourth-order valence-corrected chi connectivity index (χ4v) is 2.40. The van der Waals surface area contributed by atoms with Gasteiger partial charge in [0.15, 0.2) is 6.10 Å². The van der Waals surface area contributed by atoms with Crippen molar-refractivity contribution < 1.29 is 19.4 Å². The molecule has 21 heavy (non-hydrogen) atoms. The third kappa shape index (κ3) is 4.48. The van der Waals surface area contributed by atoms with Crippen LogP contribution in [0.25, 0.3) is 0 Å². The van der Waals surface area contributed by atoms with E-state index >= 15 is 0 Å². The van der Waals surface area contributed by atoms with E-state index in [-0.39, 0.29) is 19.1 Å². The number of carbonyl (C=O) groups is 1. The number of rotatable bonds is 5. The number of nitrogens with one attached hydrogen (secondary N) is 1. The number of amides is 1. The molecule has 1 saturated heterocycles. The summed E-state index contributed by atoms with van der Waals surface area (Å²) >= 11 is 11.8. The number of benzene rings is 1. The average Bonchev–Trinajstić information content (AvgIpc) is 2.86. The summed E-state index contributed by atoms with van der Waals surface area (Å²) in [5.41, 5.74) is -0.993. The normalized spacial score (nSPS) is 22.9. The lowest BCUT2D eigenvalue weighted by Crippen LogP contribution is -2.47. The third-order valence-electron chi connectivity index (χ3n) is 3.24. The van der Waals surface area contributed by atoms with Gasteiger partial charge in [-0.1, -0.05) is 23.2 Å². The summed E-state index contributed by atoms with van der Waals surface area (Å²) < 4.78 is 10.6. The summed E-state index contributed by atoms with van der Waals surface area (Å²) in [5.74, 6) is 0.0490. The highest BCUT2D eigenvalue weighted by molar-refractivity contribution is 6.35. The maximum Gasteiger partial charge on any atom is 0.260 e. The van der Waals surface area contributed by atoms with Crippen LogP contribution in [0.1, 0.15) is 13.3 Å². The lowest BCUT2D eigenvalue weighted by Gasteiger charge is -2.22. The van der Waals surface area contributed by atoms with Crippen LogP contribution in [0.3, 0.4) is 0 Å². The van der Waals surface area contributed by atoms with Gasteiger partial charge in [-0.15, -0.1) is 0 Å². The first kappa shape index (κ1) is 16.4. The van der Waals surface area contributed by atoms with Gasteiger partial charge in [-0.2, -0.15) is 0 Å². The second kappa shape index (κ2) is 6.83. The zero-order valence-electron chi connectivity index (χ0n) is 11.6. The fourth-order valence-electron chi connectivity index (χ4n) is 1.95. The third-order valence-corrected chi connectivity index (χ3v) is 3.77. The molecule has 0 radical (unpaired) electrons. The van der Waals surface area contributed by atoms with E-state index in [1.807, 2.05) is 0 Å². The Morgan fingerprint density at radius 3 is 2.95 bits per heavy atom. The van der Waals surface area contributed by atoms with Crippen LogP contribution < -0.4 is 10.1 Å². The number of hydrogen-bond donors (Lipinski definition) is 2. The van der Waals surface area contributed by atoms with Gasteiger partial charge < -0.3 is 19.9 Å². The van der Waals surface area contributed by atoms with Crippen molar-refractivity contribution in [3.63, 3.8) is 0 Å². The minimum absolute atomic E-state index is 0.133. The highest BCUT2D eigenvalue weighted by Gasteiger charge is 2.33. The second-order valence-corrected chi connectivity index (χ2v) is 5.92. The number of ether oxygens (including phenoxy) is 2. The van der Waals surface area contributed by atoms with Gasteiger partial charge in [0.1, 0.15) is 11.4 Å². The number of carbonyl (C=O) groups excluding carboxylic acids is 1. The molecule has 0 bridgehead atoms. The van der Waals surface area contributed by atoms with Crippen molar-refractivity contribution in [3.05, 3.63) is 28.2 Å². The Morgan fingerprint density at radius 1 is 1.57 bits per heavy atom. The van der Waals surface area contributed by atoms with Crippen LogP contribution in [-0.2, 0) is 9.53 Å². The van der Waals surface area contributed by atoms with Crippen molar-refractivity contribution in [1.29, 1.82) is 0 Å². The molecule has 2 atom stereocenters. The van der Waals surface area contributed by atoms with Crippen molar-refractivity contribution in [2.45, 2.75) is 25.0 Å². The summed E-state index contributed by atoms with van der Waals surface area (Å²) in [7, 11) is 0. The molecule has 0 saturated carbocycles. The molecule has 0 spiro atoms. The van der Waals surface area contributed by atoms with Crippen LogP contribution in [0.15, 0.2) is 18.2 Å². The SMILES string of the molecule is CC(Oc1ccc(Cl)cc1Cl)C(=O)NCC1(O)CCOC1. The highest BCUT2D eigenvalue weighted by Crippen LogP contribution is 2.28. The van der Waals surface area contributed by atoms with E-state index in [1.165, 1.54) is 0 Å². The van der Waals surface area contributed by atoms with Gasteiger partial charge in [0.05, 0.1) is 11.6 Å². The number of halogens is 2. The first-order chi connectivity index (χ1) is 9.89. The van der Waals surface area contributed by atoms with Gasteiger partial charge in [0, 0.05) is 24.6 Å². The molecule has 1 fully saturated rings. The molecule has 1 aliphatic heterocycles. The van der Waals surface area contributed by atoms with E-state index in [0.29, 0.717) is 28.8 Å². The largest absolute Gasteiger partial charge is 0.479 e. The van der Waals surface area contributed by atoms with Gasteiger partial charge >= 0.3 is 0 Å². The monoisotopic (exact) mass is 333 g/mol. The summed E-state index contributed by atoms with van der Waals surface area (Å²) in [6, 6.07) is 4.78. The molecule has 1 aromatic rings. The molecule has 0 aromatic heterocycles. The summed E-state index contributed by atoms with van der Waals surface area (Å²) in [6.45, 7) is 2.47. The topological polar surface area (TPSA) is 67.8 Å². The predicted molar refractivity (Wildman–Crippen MR) is 79.9 cm³/mol. The first-order valence-electron chi connectivity index (χ1n) is 6.59. The quantitative estimate of drug-likeness (QED) is 0.865. The van der Waals surface area contributed by atoms with Crippen molar-refractivity contribution in [2.75, 3.05) is 19.8 Å². The molecule has 1 aliphatic rings. The summed E-state index contributed by atoms with van der Waals surface area (Å²) in [6.07, 6.45) is -0.236. The second-order valence-electron chi connectivity index (χ2n) is 5.08. The summed E-state index contributed by atoms with van der Waals surface area (Å²) in [4.78, 5) is 12.0. The van der Waals surface area contributed by atoms with E-state index < -0.39 is 11.7 Å². The average molecular weight is 334 g/mol. The molecule has 1 amide bonds. The Kier molecular flexibility index (Phi) is 5.32. The minimum atomic E-state index is -0.993. The van der Waals surface area contributed by atoms with Gasteiger partial charge in [0.2, 0.25) is 0 Å². The fraction of sp³-hybridized carbons (Fsp3) is 0.500. The lowest BCUT2D eigenvalue weighted by molar-refractivity contribution is -0.128. The smallest absolute Gasteiger partial charge is 0.260 e. The van der Waals surface area contributed by atoms with Crippen LogP contribution >= 0.6 is 23.2 Å². The Labute approximate surface area is 133 Å². The van der Waals surface area contributed by atoms with Gasteiger partial charge in [-0.05, 0) is 25.1 Å². The molecule has 7 heteroatoms. The summed E-state index contributed by atoms with van der Waals surface area (Å²) in [5, 5.41) is 13.6. The molecule has 0 aliphatic carbocycles. The zero-order chi connectivity index (χ0) is 15.5. The standard InChI is InChI=1S/C14H17Cl2NO4/c1-9(21-12-3-2-10(15)6-11(12)16)13(18)17-7-14(19)4-5-20-8-14/h2-3,6,9,19H,4-5,7-8H2,1H3,(H,17,18).